The molecule has 4 nitrogen and oxygen atoms in total. The van der Waals surface area contributed by atoms with Gasteiger partial charge < -0.3 is 5.73 Å². The van der Waals surface area contributed by atoms with E-state index >= 15 is 0 Å². The number of halogens is 1. The number of nitrogen functional groups attached to an aromatic ring is 1. The van der Waals surface area contributed by atoms with Gasteiger partial charge in [-0.05, 0) is 36.8 Å². The van der Waals surface area contributed by atoms with E-state index in [1.807, 2.05) is 0 Å². The van der Waals surface area contributed by atoms with Crippen molar-refractivity contribution in [2.75, 3.05) is 10.5 Å². The number of sulfonamides is 1. The second-order valence-electron chi connectivity index (χ2n) is 4.06. The molecule has 0 bridgehead atoms. The van der Waals surface area contributed by atoms with Crippen molar-refractivity contribution in [2.24, 2.45) is 0 Å². The molecular weight excluding hydrogens is 267 g/mol. The molecular formula is C13H13FN2O2S. The average Bonchev–Trinajstić information content (AvgIpc) is 2.35. The lowest BCUT2D eigenvalue weighted by Crippen LogP contribution is -2.15. The molecule has 0 fully saturated rings. The van der Waals surface area contributed by atoms with Crippen LogP contribution in [0.5, 0.6) is 0 Å². The van der Waals surface area contributed by atoms with Gasteiger partial charge in [-0.3, -0.25) is 4.72 Å². The molecule has 6 heteroatoms. The summed E-state index contributed by atoms with van der Waals surface area (Å²) in [5.41, 5.74) is 7.10. The third-order valence-electron chi connectivity index (χ3n) is 2.75. The van der Waals surface area contributed by atoms with Crippen LogP contribution in [0.3, 0.4) is 0 Å². The summed E-state index contributed by atoms with van der Waals surface area (Å²) in [5, 5.41) is 0. The first-order chi connectivity index (χ1) is 8.92. The van der Waals surface area contributed by atoms with Crippen LogP contribution in [-0.4, -0.2) is 8.42 Å². The first-order valence-electron chi connectivity index (χ1n) is 5.54. The summed E-state index contributed by atoms with van der Waals surface area (Å²) in [6.45, 7) is 1.69. The minimum absolute atomic E-state index is 0.336. The van der Waals surface area contributed by atoms with Crippen molar-refractivity contribution in [3.63, 3.8) is 0 Å². The van der Waals surface area contributed by atoms with Crippen LogP contribution in [0.2, 0.25) is 0 Å². The van der Waals surface area contributed by atoms with Crippen LogP contribution in [0, 0.1) is 12.7 Å². The van der Waals surface area contributed by atoms with Gasteiger partial charge in [0.05, 0.1) is 5.69 Å². The lowest BCUT2D eigenvalue weighted by molar-refractivity contribution is 0.570. The Morgan fingerprint density at radius 1 is 1.11 bits per heavy atom. The smallest absolute Gasteiger partial charge is 0.264 e. The number of hydrogen-bond acceptors (Lipinski definition) is 3. The van der Waals surface area contributed by atoms with E-state index in [0.29, 0.717) is 16.9 Å². The standard InChI is InChI=1S/C13H13FN2O2S/c1-9-11(15)6-4-7-12(9)16-19(17,18)13-8-3-2-5-10(13)14/h2-8,16H,15H2,1H3. The van der Waals surface area contributed by atoms with Crippen LogP contribution in [-0.2, 0) is 10.0 Å². The maximum absolute atomic E-state index is 13.5. The Morgan fingerprint density at radius 2 is 1.79 bits per heavy atom. The SMILES string of the molecule is Cc1c(N)cccc1NS(=O)(=O)c1ccccc1F. The zero-order chi connectivity index (χ0) is 14.0. The van der Waals surface area contributed by atoms with Crippen molar-refractivity contribution in [1.29, 1.82) is 0 Å². The molecule has 0 spiro atoms. The van der Waals surface area contributed by atoms with Crippen molar-refractivity contribution in [3.8, 4) is 0 Å². The van der Waals surface area contributed by atoms with Crippen molar-refractivity contribution < 1.29 is 12.8 Å². The Bertz CT molecular complexity index is 714. The molecule has 0 atom stereocenters. The van der Waals surface area contributed by atoms with Crippen molar-refractivity contribution >= 4 is 21.4 Å². The second kappa shape index (κ2) is 4.89. The van der Waals surface area contributed by atoms with E-state index in [2.05, 4.69) is 4.72 Å². The zero-order valence-corrected chi connectivity index (χ0v) is 11.0. The predicted octanol–water partition coefficient (Wildman–Crippen LogP) is 2.52. The molecule has 2 rings (SSSR count). The van der Waals surface area contributed by atoms with E-state index in [4.69, 9.17) is 5.73 Å². The number of nitrogens with two attached hydrogens (primary N) is 1. The monoisotopic (exact) mass is 280 g/mol. The van der Waals surface area contributed by atoms with E-state index in [-0.39, 0.29) is 0 Å². The zero-order valence-electron chi connectivity index (χ0n) is 10.2. The molecule has 100 valence electrons. The molecule has 0 saturated heterocycles. The lowest BCUT2D eigenvalue weighted by atomic mass is 10.2. The number of nitrogens with one attached hydrogen (secondary N) is 1. The van der Waals surface area contributed by atoms with Gasteiger partial charge in [-0.2, -0.15) is 0 Å². The molecule has 0 aliphatic heterocycles. The van der Waals surface area contributed by atoms with E-state index < -0.39 is 20.7 Å². The van der Waals surface area contributed by atoms with Gasteiger partial charge in [0.1, 0.15) is 10.7 Å². The molecule has 0 radical (unpaired) electrons. The summed E-state index contributed by atoms with van der Waals surface area (Å²) in [4.78, 5) is -0.392. The number of hydrogen-bond donors (Lipinski definition) is 2. The Labute approximate surface area is 111 Å². The van der Waals surface area contributed by atoms with Crippen LogP contribution in [0.25, 0.3) is 0 Å². The summed E-state index contributed by atoms with van der Waals surface area (Å²) < 4.78 is 40.0. The summed E-state index contributed by atoms with van der Waals surface area (Å²) in [6, 6.07) is 10.1. The van der Waals surface area contributed by atoms with Gasteiger partial charge >= 0.3 is 0 Å². The van der Waals surface area contributed by atoms with Crippen LogP contribution >= 0.6 is 0 Å². The van der Waals surface area contributed by atoms with Crippen molar-refractivity contribution in [2.45, 2.75) is 11.8 Å². The fraction of sp³-hybridized carbons (Fsp3) is 0.0769. The van der Waals surface area contributed by atoms with Crippen molar-refractivity contribution in [1.82, 2.24) is 0 Å². The molecule has 0 amide bonds. The van der Waals surface area contributed by atoms with Gasteiger partial charge in [0, 0.05) is 5.69 Å². The molecule has 19 heavy (non-hydrogen) atoms. The van der Waals surface area contributed by atoms with Crippen LogP contribution < -0.4 is 10.5 Å². The van der Waals surface area contributed by atoms with Gasteiger partial charge in [0.25, 0.3) is 10.0 Å². The highest BCUT2D eigenvalue weighted by Crippen LogP contribution is 2.24. The quantitative estimate of drug-likeness (QED) is 0.848. The van der Waals surface area contributed by atoms with Gasteiger partial charge in [-0.15, -0.1) is 0 Å². The molecule has 2 aromatic carbocycles. The first-order valence-corrected chi connectivity index (χ1v) is 7.02. The average molecular weight is 280 g/mol. The maximum atomic E-state index is 13.5. The summed E-state index contributed by atoms with van der Waals surface area (Å²) in [5.74, 6) is -0.795. The molecule has 0 unspecified atom stereocenters. The molecule has 0 heterocycles. The summed E-state index contributed by atoms with van der Waals surface area (Å²) in [7, 11) is -3.96. The third kappa shape index (κ3) is 2.68. The minimum atomic E-state index is -3.96. The fourth-order valence-electron chi connectivity index (χ4n) is 1.63. The molecule has 0 aromatic heterocycles. The molecule has 2 aromatic rings. The third-order valence-corrected chi connectivity index (χ3v) is 4.14. The first kappa shape index (κ1) is 13.4. The summed E-state index contributed by atoms with van der Waals surface area (Å²) in [6.07, 6.45) is 0. The molecule has 3 N–H and O–H groups in total. The predicted molar refractivity (Wildman–Crippen MR) is 72.8 cm³/mol. The molecule has 0 aliphatic rings. The van der Waals surface area contributed by atoms with Crippen LogP contribution in [0.15, 0.2) is 47.4 Å². The van der Waals surface area contributed by atoms with E-state index in [9.17, 15) is 12.8 Å². The molecule has 0 aliphatic carbocycles. The van der Waals surface area contributed by atoms with Crippen LogP contribution in [0.4, 0.5) is 15.8 Å². The highest BCUT2D eigenvalue weighted by atomic mass is 32.2. The normalized spacial score (nSPS) is 11.3. The van der Waals surface area contributed by atoms with Gasteiger partial charge in [-0.25, -0.2) is 12.8 Å². The van der Waals surface area contributed by atoms with Gasteiger partial charge in [-0.1, -0.05) is 18.2 Å². The highest BCUT2D eigenvalue weighted by Gasteiger charge is 2.19. The Morgan fingerprint density at radius 3 is 2.47 bits per heavy atom. The minimum Gasteiger partial charge on any atom is -0.398 e. The maximum Gasteiger partial charge on any atom is 0.264 e. The number of anilines is 2. The van der Waals surface area contributed by atoms with E-state index in [0.717, 1.165) is 6.07 Å². The van der Waals surface area contributed by atoms with Crippen molar-refractivity contribution in [3.05, 3.63) is 53.8 Å². The fourth-order valence-corrected chi connectivity index (χ4v) is 2.83. The Hall–Kier alpha value is -2.08. The van der Waals surface area contributed by atoms with Crippen LogP contribution in [0.1, 0.15) is 5.56 Å². The molecule has 0 saturated carbocycles. The second-order valence-corrected chi connectivity index (χ2v) is 5.71. The van der Waals surface area contributed by atoms with Gasteiger partial charge in [0.15, 0.2) is 0 Å². The lowest BCUT2D eigenvalue weighted by Gasteiger charge is -2.12. The van der Waals surface area contributed by atoms with E-state index in [1.54, 1.807) is 25.1 Å². The Kier molecular flexibility index (Phi) is 3.44. The topological polar surface area (TPSA) is 72.2 Å². The summed E-state index contributed by atoms with van der Waals surface area (Å²) >= 11 is 0. The van der Waals surface area contributed by atoms with E-state index in [1.165, 1.54) is 18.2 Å². The Balaban J connectivity index is 2.43. The largest absolute Gasteiger partial charge is 0.398 e. The van der Waals surface area contributed by atoms with Gasteiger partial charge in [0.2, 0.25) is 0 Å². The highest BCUT2D eigenvalue weighted by molar-refractivity contribution is 7.92. The number of rotatable bonds is 3. The number of benzene rings is 2.